The molecule has 2 atom stereocenters. The molecule has 0 radical (unpaired) electrons. The Morgan fingerprint density at radius 3 is 2.75 bits per heavy atom. The minimum atomic E-state index is -3.40. The number of aromatic nitrogens is 3. The predicted molar refractivity (Wildman–Crippen MR) is 143 cm³/mol. The van der Waals surface area contributed by atoms with Crippen LogP contribution in [0.15, 0.2) is 48.9 Å². The quantitative estimate of drug-likeness (QED) is 0.207. The molecule has 4 N–H and O–H groups in total. The summed E-state index contributed by atoms with van der Waals surface area (Å²) < 4.78 is 27.1. The van der Waals surface area contributed by atoms with E-state index in [0.717, 1.165) is 17.3 Å². The minimum Gasteiger partial charge on any atom is -0.397 e. The molecule has 2 heterocycles. The third kappa shape index (κ3) is 7.86. The van der Waals surface area contributed by atoms with E-state index in [1.165, 1.54) is 0 Å². The van der Waals surface area contributed by atoms with Crippen molar-refractivity contribution in [3.8, 4) is 0 Å². The monoisotopic (exact) mass is 535 g/mol. The largest absolute Gasteiger partial charge is 0.397 e. The van der Waals surface area contributed by atoms with Gasteiger partial charge in [-0.1, -0.05) is 42.1 Å². The second-order valence-electron chi connectivity index (χ2n) is 9.08. The van der Waals surface area contributed by atoms with Crippen molar-refractivity contribution in [2.24, 2.45) is 5.41 Å². The molecule has 0 aliphatic heterocycles. The lowest BCUT2D eigenvalue weighted by Gasteiger charge is -2.23. The summed E-state index contributed by atoms with van der Waals surface area (Å²) in [7, 11) is -3.40. The number of nitrogens with zero attached hydrogens (tertiary/aromatic N) is 3. The number of carbonyl (C=O) groups is 1. The molecule has 1 unspecified atom stereocenters. The summed E-state index contributed by atoms with van der Waals surface area (Å²) >= 11 is 1.05. The average Bonchev–Trinajstić information content (AvgIpc) is 3.28. The van der Waals surface area contributed by atoms with E-state index in [0.29, 0.717) is 35.7 Å². The van der Waals surface area contributed by atoms with Crippen molar-refractivity contribution in [2.45, 2.75) is 40.0 Å². The van der Waals surface area contributed by atoms with Crippen molar-refractivity contribution in [1.29, 1.82) is 0 Å². The molecule has 12 heteroatoms. The van der Waals surface area contributed by atoms with Crippen LogP contribution in [0.1, 0.15) is 26.3 Å². The molecule has 196 valence electrons. The van der Waals surface area contributed by atoms with E-state index in [1.54, 1.807) is 32.4 Å². The number of hydrogen-bond acceptors (Lipinski definition) is 9. The SMILES string of the molecule is C[C@H](Cn1cnc2c(N)ccnc21)OCP(=O)(NCc1ccccc1)OCCSC(=O)C(C)(C)CO. The van der Waals surface area contributed by atoms with Crippen LogP contribution in [-0.2, 0) is 31.7 Å². The van der Waals surface area contributed by atoms with Crippen LogP contribution in [-0.4, -0.2) is 56.2 Å². The van der Waals surface area contributed by atoms with Crippen LogP contribution in [0.3, 0.4) is 0 Å². The Morgan fingerprint density at radius 1 is 1.28 bits per heavy atom. The molecule has 0 aliphatic rings. The van der Waals surface area contributed by atoms with E-state index in [-0.39, 0.29) is 30.8 Å². The molecule has 36 heavy (non-hydrogen) atoms. The number of pyridine rings is 1. The van der Waals surface area contributed by atoms with Crippen molar-refractivity contribution >= 4 is 41.2 Å². The van der Waals surface area contributed by atoms with Crippen LogP contribution in [0.2, 0.25) is 0 Å². The summed E-state index contributed by atoms with van der Waals surface area (Å²) in [4.78, 5) is 20.9. The van der Waals surface area contributed by atoms with Gasteiger partial charge in [-0.2, -0.15) is 0 Å². The number of aliphatic hydroxyl groups excluding tert-OH is 1. The maximum atomic E-state index is 13.6. The number of carbonyl (C=O) groups excluding carboxylic acids is 1. The van der Waals surface area contributed by atoms with Crippen LogP contribution in [0, 0.1) is 5.41 Å². The fourth-order valence-electron chi connectivity index (χ4n) is 3.19. The van der Waals surface area contributed by atoms with Crippen LogP contribution >= 0.6 is 19.3 Å². The van der Waals surface area contributed by atoms with Crippen molar-refractivity contribution in [2.75, 3.05) is 31.0 Å². The molecule has 0 fully saturated rings. The summed E-state index contributed by atoms with van der Waals surface area (Å²) in [6.45, 7) is 5.85. The zero-order valence-corrected chi connectivity index (χ0v) is 22.5. The number of benzene rings is 1. The maximum Gasteiger partial charge on any atom is 0.295 e. The van der Waals surface area contributed by atoms with Crippen molar-refractivity contribution in [3.05, 3.63) is 54.5 Å². The van der Waals surface area contributed by atoms with Crippen molar-refractivity contribution in [3.63, 3.8) is 0 Å². The number of ether oxygens (including phenoxy) is 1. The Balaban J connectivity index is 1.59. The molecule has 2 aromatic heterocycles. The summed E-state index contributed by atoms with van der Waals surface area (Å²) in [6, 6.07) is 11.3. The Hall–Kier alpha value is -2.27. The highest BCUT2D eigenvalue weighted by Gasteiger charge is 2.28. The maximum absolute atomic E-state index is 13.6. The lowest BCUT2D eigenvalue weighted by atomic mass is 9.97. The van der Waals surface area contributed by atoms with Gasteiger partial charge in [0.1, 0.15) is 11.9 Å². The topological polar surface area (TPSA) is 142 Å². The lowest BCUT2D eigenvalue weighted by molar-refractivity contribution is -0.119. The number of anilines is 1. The molecule has 0 aliphatic carbocycles. The molecule has 0 amide bonds. The van der Waals surface area contributed by atoms with Gasteiger partial charge in [-0.3, -0.25) is 9.36 Å². The number of nitrogen functional groups attached to an aromatic ring is 1. The second-order valence-corrected chi connectivity index (χ2v) is 12.3. The number of hydrogen-bond donors (Lipinski definition) is 3. The highest BCUT2D eigenvalue weighted by atomic mass is 32.2. The standard InChI is InChI=1S/C24H34N5O5PS/c1-18(14-29-16-27-21-20(25)9-10-26-22(21)29)33-17-35(32,28-13-19-7-5-4-6-8-19)34-11-12-36-23(31)24(2,3)15-30/h4-10,16,18,30H,11-15,17H2,1-3H3,(H2,25,26)(H,28,32)/t18-,35?/m1/s1. The first-order chi connectivity index (χ1) is 17.1. The molecule has 0 saturated carbocycles. The van der Waals surface area contributed by atoms with Crippen LogP contribution in [0.25, 0.3) is 11.2 Å². The number of aliphatic hydroxyl groups is 1. The van der Waals surface area contributed by atoms with Gasteiger partial charge in [-0.05, 0) is 32.4 Å². The molecular formula is C24H34N5O5PS. The number of nitrogens with two attached hydrogens (primary N) is 1. The first kappa shape index (κ1) is 28.3. The van der Waals surface area contributed by atoms with Crippen LogP contribution < -0.4 is 10.8 Å². The third-order valence-electron chi connectivity index (χ3n) is 5.45. The van der Waals surface area contributed by atoms with Gasteiger partial charge >= 0.3 is 0 Å². The molecule has 0 spiro atoms. The van der Waals surface area contributed by atoms with Gasteiger partial charge in [0.15, 0.2) is 10.8 Å². The first-order valence-corrected chi connectivity index (χ1v) is 14.4. The van der Waals surface area contributed by atoms with Gasteiger partial charge in [0, 0.05) is 18.5 Å². The van der Waals surface area contributed by atoms with Crippen LogP contribution in [0.5, 0.6) is 0 Å². The van der Waals surface area contributed by atoms with E-state index in [2.05, 4.69) is 15.1 Å². The van der Waals surface area contributed by atoms with E-state index < -0.39 is 12.9 Å². The summed E-state index contributed by atoms with van der Waals surface area (Å²) in [5.41, 5.74) is 7.91. The fraction of sp³-hybridized carbons (Fsp3) is 0.458. The van der Waals surface area contributed by atoms with Crippen molar-refractivity contribution in [1.82, 2.24) is 19.6 Å². The summed E-state index contributed by atoms with van der Waals surface area (Å²) in [6.07, 6.45) is 2.81. The summed E-state index contributed by atoms with van der Waals surface area (Å²) in [5.74, 6) is 0.308. The number of fused-ring (bicyclic) bond motifs is 1. The van der Waals surface area contributed by atoms with Gasteiger partial charge < -0.3 is 24.7 Å². The average molecular weight is 536 g/mol. The zero-order chi connectivity index (χ0) is 26.2. The van der Waals surface area contributed by atoms with E-state index >= 15 is 0 Å². The number of nitrogens with one attached hydrogen (secondary N) is 1. The summed E-state index contributed by atoms with van der Waals surface area (Å²) in [5, 5.41) is 12.2. The first-order valence-electron chi connectivity index (χ1n) is 11.6. The number of rotatable bonds is 14. The fourth-order valence-corrected chi connectivity index (χ4v) is 5.63. The third-order valence-corrected chi connectivity index (χ3v) is 8.36. The Labute approximate surface area is 215 Å². The lowest BCUT2D eigenvalue weighted by Crippen LogP contribution is -2.26. The second kappa shape index (κ2) is 12.8. The Morgan fingerprint density at radius 2 is 2.03 bits per heavy atom. The number of thioether (sulfide) groups is 1. The van der Waals surface area contributed by atoms with Gasteiger partial charge in [-0.25, -0.2) is 15.1 Å². The van der Waals surface area contributed by atoms with E-state index in [4.69, 9.17) is 15.0 Å². The normalized spacial score (nSPS) is 14.6. The van der Waals surface area contributed by atoms with Gasteiger partial charge in [0.2, 0.25) is 0 Å². The van der Waals surface area contributed by atoms with Gasteiger partial charge in [-0.15, -0.1) is 0 Å². The highest BCUT2D eigenvalue weighted by Crippen LogP contribution is 2.43. The van der Waals surface area contributed by atoms with Gasteiger partial charge in [0.05, 0.1) is 43.3 Å². The molecular weight excluding hydrogens is 501 g/mol. The van der Waals surface area contributed by atoms with E-state index in [1.807, 2.05) is 41.8 Å². The molecule has 0 saturated heterocycles. The highest BCUT2D eigenvalue weighted by molar-refractivity contribution is 8.13. The van der Waals surface area contributed by atoms with Crippen molar-refractivity contribution < 1.29 is 23.7 Å². The Bertz CT molecular complexity index is 1190. The smallest absolute Gasteiger partial charge is 0.295 e. The minimum absolute atomic E-state index is 0.0874. The molecule has 1 aromatic carbocycles. The van der Waals surface area contributed by atoms with E-state index in [9.17, 15) is 14.5 Å². The molecule has 3 aromatic rings. The molecule has 0 bridgehead atoms. The Kier molecular flexibility index (Phi) is 10.1. The van der Waals surface area contributed by atoms with Gasteiger partial charge in [0.25, 0.3) is 7.52 Å². The zero-order valence-electron chi connectivity index (χ0n) is 20.8. The van der Waals surface area contributed by atoms with Crippen LogP contribution in [0.4, 0.5) is 5.69 Å². The predicted octanol–water partition coefficient (Wildman–Crippen LogP) is 3.65. The number of imidazole rings is 1. The molecule has 10 nitrogen and oxygen atoms in total. The molecule has 3 rings (SSSR count).